The number of benzene rings is 1. The molecule has 0 aliphatic carbocycles. The van der Waals surface area contributed by atoms with Crippen LogP contribution in [0.3, 0.4) is 0 Å². The van der Waals surface area contributed by atoms with Gasteiger partial charge in [-0.3, -0.25) is 9.78 Å². The van der Waals surface area contributed by atoms with Gasteiger partial charge in [0.25, 0.3) is 0 Å². The molecule has 0 fully saturated rings. The number of pyridine rings is 1. The molecule has 0 unspecified atom stereocenters. The molecule has 20 heavy (non-hydrogen) atoms. The number of anilines is 1. The molecule has 1 aliphatic rings. The van der Waals surface area contributed by atoms with Crippen molar-refractivity contribution < 1.29 is 4.79 Å². The number of halogens is 1. The minimum Gasteiger partial charge on any atom is -0.338 e. The number of imidazole rings is 1. The molecule has 0 spiro atoms. The second kappa shape index (κ2) is 4.61. The molecule has 0 saturated heterocycles. The molecule has 1 aromatic carbocycles. The number of fused-ring (bicyclic) bond motifs is 2. The number of nitrogens with one attached hydrogen (secondary N) is 2. The average Bonchev–Trinajstić information content (AvgIpc) is 2.98. The summed E-state index contributed by atoms with van der Waals surface area (Å²) < 4.78 is 0. The van der Waals surface area contributed by atoms with Gasteiger partial charge in [-0.1, -0.05) is 0 Å². The molecule has 0 radical (unpaired) electrons. The molecule has 3 heterocycles. The number of carbonyl (C=O) groups excluding carboxylic acids is 1. The number of H-pyrrole nitrogens is 1. The number of hydrogen-bond acceptors (Lipinski definition) is 3. The third kappa shape index (κ3) is 1.92. The zero-order valence-corrected chi connectivity index (χ0v) is 11.2. The van der Waals surface area contributed by atoms with E-state index in [1.165, 1.54) is 0 Å². The Hall–Kier alpha value is -2.40. The van der Waals surface area contributed by atoms with Gasteiger partial charge in [-0.25, -0.2) is 4.98 Å². The number of carbonyl (C=O) groups is 1. The van der Waals surface area contributed by atoms with Gasteiger partial charge < -0.3 is 10.3 Å². The van der Waals surface area contributed by atoms with E-state index in [0.717, 1.165) is 33.7 Å². The van der Waals surface area contributed by atoms with Crippen molar-refractivity contribution in [1.82, 2.24) is 15.0 Å². The maximum Gasteiger partial charge on any atom is 0.228 e. The van der Waals surface area contributed by atoms with Crippen molar-refractivity contribution in [2.45, 2.75) is 6.42 Å². The molecule has 2 N–H and O–H groups in total. The summed E-state index contributed by atoms with van der Waals surface area (Å²) in [6, 6.07) is 7.72. The maximum atomic E-state index is 11.3. The lowest BCUT2D eigenvalue weighted by Crippen LogP contribution is -2.03. The van der Waals surface area contributed by atoms with E-state index in [1.807, 2.05) is 24.3 Å². The first-order valence-electron chi connectivity index (χ1n) is 6.02. The van der Waals surface area contributed by atoms with Crippen LogP contribution in [0.4, 0.5) is 5.69 Å². The molecule has 100 valence electrons. The van der Waals surface area contributed by atoms with Crippen LogP contribution in [0, 0.1) is 0 Å². The predicted octanol–water partition coefficient (Wildman–Crippen LogP) is 2.54. The fraction of sp³-hybridized carbons (Fsp3) is 0.0714. The van der Waals surface area contributed by atoms with Crippen molar-refractivity contribution in [3.63, 3.8) is 0 Å². The van der Waals surface area contributed by atoms with Crippen molar-refractivity contribution in [3.05, 3.63) is 42.2 Å². The Kier molecular flexibility index (Phi) is 2.91. The van der Waals surface area contributed by atoms with Gasteiger partial charge in [-0.2, -0.15) is 0 Å². The Bertz CT molecular complexity index is 753. The Morgan fingerprint density at radius 2 is 1.95 bits per heavy atom. The normalized spacial score (nSPS) is 12.9. The standard InChI is InChI=1S/C14H10N4O.ClH/c19-13-6-9-5-11-12(7-10(9)16-13)18-14(17-11)8-1-3-15-4-2-8;/h1-5,7H,6H2,(H,16,19)(H,17,18);1H. The van der Waals surface area contributed by atoms with Crippen LogP contribution in [-0.2, 0) is 11.2 Å². The number of rotatable bonds is 1. The second-order valence-corrected chi connectivity index (χ2v) is 4.57. The zero-order chi connectivity index (χ0) is 12.8. The van der Waals surface area contributed by atoms with Crippen LogP contribution in [-0.4, -0.2) is 20.9 Å². The minimum atomic E-state index is 0. The molecule has 3 aromatic rings. The fourth-order valence-electron chi connectivity index (χ4n) is 2.38. The molecular weight excluding hydrogens is 276 g/mol. The Labute approximate surface area is 120 Å². The summed E-state index contributed by atoms with van der Waals surface area (Å²) in [7, 11) is 0. The van der Waals surface area contributed by atoms with E-state index in [2.05, 4.69) is 20.3 Å². The lowest BCUT2D eigenvalue weighted by Gasteiger charge is -1.96. The molecule has 0 bridgehead atoms. The third-order valence-electron chi connectivity index (χ3n) is 3.29. The first-order chi connectivity index (χ1) is 9.29. The summed E-state index contributed by atoms with van der Waals surface area (Å²) in [5.41, 5.74) is 4.68. The van der Waals surface area contributed by atoms with E-state index in [0.29, 0.717) is 6.42 Å². The first-order valence-corrected chi connectivity index (χ1v) is 6.02. The lowest BCUT2D eigenvalue weighted by molar-refractivity contribution is -0.115. The van der Waals surface area contributed by atoms with E-state index in [1.54, 1.807) is 12.4 Å². The summed E-state index contributed by atoms with van der Waals surface area (Å²) >= 11 is 0. The molecule has 1 aliphatic heterocycles. The third-order valence-corrected chi connectivity index (χ3v) is 3.29. The fourth-order valence-corrected chi connectivity index (χ4v) is 2.38. The van der Waals surface area contributed by atoms with E-state index in [-0.39, 0.29) is 18.3 Å². The summed E-state index contributed by atoms with van der Waals surface area (Å²) in [5.74, 6) is 0.851. The van der Waals surface area contributed by atoms with Crippen molar-refractivity contribution in [1.29, 1.82) is 0 Å². The van der Waals surface area contributed by atoms with Gasteiger partial charge >= 0.3 is 0 Å². The number of nitrogens with zero attached hydrogens (tertiary/aromatic N) is 2. The summed E-state index contributed by atoms with van der Waals surface area (Å²) in [4.78, 5) is 23.2. The first kappa shape index (κ1) is 12.6. The van der Waals surface area contributed by atoms with Crippen LogP contribution >= 0.6 is 12.4 Å². The van der Waals surface area contributed by atoms with Crippen LogP contribution in [0.5, 0.6) is 0 Å². The van der Waals surface area contributed by atoms with Gasteiger partial charge in [-0.05, 0) is 29.8 Å². The van der Waals surface area contributed by atoms with Crippen LogP contribution in [0.25, 0.3) is 22.4 Å². The zero-order valence-electron chi connectivity index (χ0n) is 10.4. The van der Waals surface area contributed by atoms with Crippen molar-refractivity contribution in [2.75, 3.05) is 5.32 Å². The van der Waals surface area contributed by atoms with Gasteiger partial charge in [0.2, 0.25) is 5.91 Å². The van der Waals surface area contributed by atoms with Crippen molar-refractivity contribution in [3.8, 4) is 11.4 Å². The topological polar surface area (TPSA) is 70.7 Å². The molecule has 0 atom stereocenters. The maximum absolute atomic E-state index is 11.3. The minimum absolute atomic E-state index is 0. The van der Waals surface area contributed by atoms with Gasteiger partial charge in [0, 0.05) is 23.6 Å². The van der Waals surface area contributed by atoms with Crippen LogP contribution < -0.4 is 5.32 Å². The number of hydrogen-bond donors (Lipinski definition) is 2. The SMILES string of the molecule is Cl.O=C1Cc2cc3nc(-c4ccncc4)[nH]c3cc2N1. The highest BCUT2D eigenvalue weighted by Crippen LogP contribution is 2.29. The van der Waals surface area contributed by atoms with Gasteiger partial charge in [0.05, 0.1) is 17.5 Å². The number of amides is 1. The highest BCUT2D eigenvalue weighted by Gasteiger charge is 2.19. The van der Waals surface area contributed by atoms with Crippen molar-refractivity contribution in [2.24, 2.45) is 0 Å². The Morgan fingerprint density at radius 3 is 2.75 bits per heavy atom. The van der Waals surface area contributed by atoms with E-state index in [4.69, 9.17) is 0 Å². The van der Waals surface area contributed by atoms with Gasteiger partial charge in [0.1, 0.15) is 5.82 Å². The molecule has 2 aromatic heterocycles. The van der Waals surface area contributed by atoms with Crippen LogP contribution in [0.1, 0.15) is 5.56 Å². The lowest BCUT2D eigenvalue weighted by atomic mass is 10.1. The van der Waals surface area contributed by atoms with Crippen LogP contribution in [0.2, 0.25) is 0 Å². The molecular formula is C14H11ClN4O. The monoisotopic (exact) mass is 286 g/mol. The highest BCUT2D eigenvalue weighted by atomic mass is 35.5. The molecule has 4 rings (SSSR count). The number of aromatic amines is 1. The van der Waals surface area contributed by atoms with E-state index in [9.17, 15) is 4.79 Å². The van der Waals surface area contributed by atoms with Gasteiger partial charge in [-0.15, -0.1) is 12.4 Å². The summed E-state index contributed by atoms with van der Waals surface area (Å²) in [6.07, 6.45) is 3.91. The Morgan fingerprint density at radius 1 is 1.15 bits per heavy atom. The largest absolute Gasteiger partial charge is 0.338 e. The smallest absolute Gasteiger partial charge is 0.228 e. The highest BCUT2D eigenvalue weighted by molar-refractivity contribution is 6.02. The average molecular weight is 287 g/mol. The van der Waals surface area contributed by atoms with Crippen LogP contribution in [0.15, 0.2) is 36.7 Å². The van der Waals surface area contributed by atoms with E-state index >= 15 is 0 Å². The Balaban J connectivity index is 0.00000121. The quantitative estimate of drug-likeness (QED) is 0.722. The molecule has 5 nitrogen and oxygen atoms in total. The molecule has 6 heteroatoms. The second-order valence-electron chi connectivity index (χ2n) is 4.57. The predicted molar refractivity (Wildman–Crippen MR) is 78.9 cm³/mol. The molecule has 1 amide bonds. The number of aromatic nitrogens is 3. The van der Waals surface area contributed by atoms with Gasteiger partial charge in [0.15, 0.2) is 0 Å². The van der Waals surface area contributed by atoms with E-state index < -0.39 is 0 Å². The summed E-state index contributed by atoms with van der Waals surface area (Å²) in [5, 5.41) is 2.84. The van der Waals surface area contributed by atoms with Crippen molar-refractivity contribution >= 4 is 35.0 Å². The molecule has 0 saturated carbocycles. The summed E-state index contributed by atoms with van der Waals surface area (Å²) in [6.45, 7) is 0.